The minimum absolute atomic E-state index is 0.00575. The number of carbonyl (C=O) groups excluding carboxylic acids is 1. The first-order valence-electron chi connectivity index (χ1n) is 9.21. The Labute approximate surface area is 166 Å². The molecule has 1 saturated carbocycles. The number of sulfonamides is 1. The second kappa shape index (κ2) is 7.14. The lowest BCUT2D eigenvalue weighted by atomic mass is 10.0. The summed E-state index contributed by atoms with van der Waals surface area (Å²) in [6.07, 6.45) is -3.44. The molecule has 2 aromatic carbocycles. The third-order valence-corrected chi connectivity index (χ3v) is 7.11. The molecule has 1 saturated heterocycles. The largest absolute Gasteiger partial charge is 0.416 e. The highest BCUT2D eigenvalue weighted by Crippen LogP contribution is 2.39. The third-order valence-electron chi connectivity index (χ3n) is 5.60. The lowest BCUT2D eigenvalue weighted by Crippen LogP contribution is -2.47. The topological polar surface area (TPSA) is 66.5 Å². The van der Waals surface area contributed by atoms with Crippen molar-refractivity contribution in [3.8, 4) is 0 Å². The third kappa shape index (κ3) is 3.89. The molecular formula is C20H19F3N2O3S. The van der Waals surface area contributed by atoms with Crippen molar-refractivity contribution in [3.05, 3.63) is 65.7 Å². The smallest absolute Gasteiger partial charge is 0.335 e. The van der Waals surface area contributed by atoms with Gasteiger partial charge in [-0.15, -0.1) is 0 Å². The minimum atomic E-state index is -4.51. The molecule has 5 nitrogen and oxygen atoms in total. The normalized spacial score (nSPS) is 24.1. The molecule has 2 bridgehead atoms. The summed E-state index contributed by atoms with van der Waals surface area (Å²) in [4.78, 5) is 14.5. The average Bonchev–Trinajstić information content (AvgIpc) is 3.27. The molecule has 1 aliphatic carbocycles. The minimum Gasteiger partial charge on any atom is -0.335 e. The molecule has 154 valence electrons. The van der Waals surface area contributed by atoms with Gasteiger partial charge in [0.2, 0.25) is 10.0 Å². The van der Waals surface area contributed by atoms with Crippen LogP contribution in [-0.4, -0.2) is 37.9 Å². The van der Waals surface area contributed by atoms with Gasteiger partial charge in [0.1, 0.15) is 0 Å². The summed E-state index contributed by atoms with van der Waals surface area (Å²) < 4.78 is 66.5. The second-order valence-electron chi connectivity index (χ2n) is 7.46. The van der Waals surface area contributed by atoms with Crippen molar-refractivity contribution < 1.29 is 26.4 Å². The Morgan fingerprint density at radius 3 is 2.38 bits per heavy atom. The van der Waals surface area contributed by atoms with E-state index in [0.29, 0.717) is 19.4 Å². The van der Waals surface area contributed by atoms with E-state index in [9.17, 15) is 26.4 Å². The van der Waals surface area contributed by atoms with Crippen LogP contribution in [0, 0.1) is 5.92 Å². The monoisotopic (exact) mass is 424 g/mol. The van der Waals surface area contributed by atoms with Gasteiger partial charge in [0.25, 0.3) is 5.91 Å². The fourth-order valence-corrected chi connectivity index (χ4v) is 5.55. The number of carbonyl (C=O) groups is 1. The van der Waals surface area contributed by atoms with Gasteiger partial charge in [-0.1, -0.05) is 24.3 Å². The van der Waals surface area contributed by atoms with Gasteiger partial charge in [-0.05, 0) is 49.1 Å². The maximum absolute atomic E-state index is 12.9. The predicted molar refractivity (Wildman–Crippen MR) is 99.5 cm³/mol. The molecule has 2 aliphatic rings. The van der Waals surface area contributed by atoms with Crippen LogP contribution in [0.3, 0.4) is 0 Å². The SMILES string of the molecule is O=C(c1cccc(C(F)(F)F)c1)N1CC2CC1CC2NS(=O)(=O)c1ccccc1. The molecular weight excluding hydrogens is 405 g/mol. The molecule has 2 fully saturated rings. The number of alkyl halides is 3. The summed E-state index contributed by atoms with van der Waals surface area (Å²) >= 11 is 0. The highest BCUT2D eigenvalue weighted by molar-refractivity contribution is 7.89. The molecule has 9 heteroatoms. The average molecular weight is 424 g/mol. The van der Waals surface area contributed by atoms with Gasteiger partial charge in [0.05, 0.1) is 10.5 Å². The lowest BCUT2D eigenvalue weighted by molar-refractivity contribution is -0.137. The van der Waals surface area contributed by atoms with Gasteiger partial charge in [0.15, 0.2) is 0 Å². The van der Waals surface area contributed by atoms with E-state index in [1.165, 1.54) is 24.3 Å². The predicted octanol–water partition coefficient (Wildman–Crippen LogP) is 3.29. The Bertz CT molecular complexity index is 1020. The van der Waals surface area contributed by atoms with Gasteiger partial charge in [-0.2, -0.15) is 13.2 Å². The molecule has 0 radical (unpaired) electrons. The Hall–Kier alpha value is -2.39. The first-order valence-corrected chi connectivity index (χ1v) is 10.7. The van der Waals surface area contributed by atoms with Crippen LogP contribution in [-0.2, 0) is 16.2 Å². The van der Waals surface area contributed by atoms with Crippen molar-refractivity contribution >= 4 is 15.9 Å². The van der Waals surface area contributed by atoms with Crippen LogP contribution in [0.1, 0.15) is 28.8 Å². The number of benzene rings is 2. The van der Waals surface area contributed by atoms with Crippen molar-refractivity contribution in [2.24, 2.45) is 5.92 Å². The van der Waals surface area contributed by atoms with E-state index in [0.717, 1.165) is 12.1 Å². The maximum Gasteiger partial charge on any atom is 0.416 e. The maximum atomic E-state index is 12.9. The number of rotatable bonds is 4. The Balaban J connectivity index is 1.45. The van der Waals surface area contributed by atoms with Crippen LogP contribution in [0.25, 0.3) is 0 Å². The quantitative estimate of drug-likeness (QED) is 0.819. The number of likely N-dealkylation sites (tertiary alicyclic amines) is 1. The first kappa shape index (κ1) is 19.9. The molecule has 4 rings (SSSR count). The van der Waals surface area contributed by atoms with Crippen molar-refractivity contribution in [1.29, 1.82) is 0 Å². The van der Waals surface area contributed by atoms with E-state index in [1.807, 2.05) is 0 Å². The zero-order valence-electron chi connectivity index (χ0n) is 15.3. The lowest BCUT2D eigenvalue weighted by Gasteiger charge is -2.32. The number of halogens is 3. The molecule has 1 amide bonds. The molecule has 0 spiro atoms. The van der Waals surface area contributed by atoms with Gasteiger partial charge in [-0.25, -0.2) is 13.1 Å². The van der Waals surface area contributed by atoms with Crippen molar-refractivity contribution in [3.63, 3.8) is 0 Å². The number of amides is 1. The number of nitrogens with zero attached hydrogens (tertiary/aromatic N) is 1. The van der Waals surface area contributed by atoms with E-state index >= 15 is 0 Å². The van der Waals surface area contributed by atoms with Gasteiger partial charge in [-0.3, -0.25) is 4.79 Å². The number of nitrogens with one attached hydrogen (secondary N) is 1. The van der Waals surface area contributed by atoms with Gasteiger partial charge < -0.3 is 4.90 Å². The molecule has 0 aromatic heterocycles. The van der Waals surface area contributed by atoms with Crippen LogP contribution in [0.5, 0.6) is 0 Å². The summed E-state index contributed by atoms with van der Waals surface area (Å²) in [6, 6.07) is 12.0. The van der Waals surface area contributed by atoms with Crippen molar-refractivity contribution in [1.82, 2.24) is 9.62 Å². The van der Waals surface area contributed by atoms with E-state index in [4.69, 9.17) is 0 Å². The summed E-state index contributed by atoms with van der Waals surface area (Å²) in [6.45, 7) is 0.321. The highest BCUT2D eigenvalue weighted by Gasteiger charge is 2.48. The fraction of sp³-hybridized carbons (Fsp3) is 0.350. The zero-order chi connectivity index (χ0) is 20.8. The molecule has 1 heterocycles. The molecule has 1 aliphatic heterocycles. The van der Waals surface area contributed by atoms with Crippen LogP contribution in [0.4, 0.5) is 13.2 Å². The molecule has 1 N–H and O–H groups in total. The Morgan fingerprint density at radius 2 is 1.76 bits per heavy atom. The van der Waals surface area contributed by atoms with Crippen LogP contribution in [0.15, 0.2) is 59.5 Å². The second-order valence-corrected chi connectivity index (χ2v) is 9.18. The van der Waals surface area contributed by atoms with Gasteiger partial charge in [0, 0.05) is 24.2 Å². The Morgan fingerprint density at radius 1 is 1.03 bits per heavy atom. The summed E-state index contributed by atoms with van der Waals surface area (Å²) in [5, 5.41) is 0. The molecule has 29 heavy (non-hydrogen) atoms. The standard InChI is InChI=1S/C20H19F3N2O3S/c21-20(22,23)15-6-4-5-13(9-15)19(26)25-12-14-10-16(25)11-18(14)24-29(27,28)17-7-2-1-3-8-17/h1-9,14,16,18,24H,10-12H2. The van der Waals surface area contributed by atoms with Gasteiger partial charge >= 0.3 is 6.18 Å². The van der Waals surface area contributed by atoms with E-state index in [-0.39, 0.29) is 28.5 Å². The number of hydrogen-bond donors (Lipinski definition) is 1. The summed E-state index contributed by atoms with van der Waals surface area (Å²) in [7, 11) is -3.66. The highest BCUT2D eigenvalue weighted by atomic mass is 32.2. The van der Waals surface area contributed by atoms with Crippen molar-refractivity contribution in [2.45, 2.75) is 36.0 Å². The molecule has 3 atom stereocenters. The van der Waals surface area contributed by atoms with E-state index in [2.05, 4.69) is 4.72 Å². The van der Waals surface area contributed by atoms with E-state index < -0.39 is 27.7 Å². The zero-order valence-corrected chi connectivity index (χ0v) is 16.1. The fourth-order valence-electron chi connectivity index (χ4n) is 4.21. The van der Waals surface area contributed by atoms with Crippen LogP contribution in [0.2, 0.25) is 0 Å². The number of hydrogen-bond acceptors (Lipinski definition) is 3. The van der Waals surface area contributed by atoms with E-state index in [1.54, 1.807) is 23.1 Å². The number of piperidine rings is 1. The van der Waals surface area contributed by atoms with Crippen LogP contribution < -0.4 is 4.72 Å². The summed E-state index contributed by atoms with van der Waals surface area (Å²) in [5.41, 5.74) is -0.866. The number of fused-ring (bicyclic) bond motifs is 2. The molecule has 3 unspecified atom stereocenters. The van der Waals surface area contributed by atoms with Crippen molar-refractivity contribution in [2.75, 3.05) is 6.54 Å². The van der Waals surface area contributed by atoms with Crippen LogP contribution >= 0.6 is 0 Å². The molecule has 2 aromatic rings. The Kier molecular flexibility index (Phi) is 4.90. The first-order chi connectivity index (χ1) is 13.6. The summed E-state index contributed by atoms with van der Waals surface area (Å²) in [5.74, 6) is -0.513.